The van der Waals surface area contributed by atoms with E-state index in [4.69, 9.17) is 9.47 Å². The second-order valence-corrected chi connectivity index (χ2v) is 5.94. The minimum absolute atomic E-state index is 0.0366. The largest absolute Gasteiger partial charge is 0.507 e. The van der Waals surface area contributed by atoms with E-state index in [2.05, 4.69) is 26.3 Å². The molecular weight excluding hydrogens is 432 g/mol. The monoisotopic (exact) mass is 470 g/mol. The van der Waals surface area contributed by atoms with Gasteiger partial charge in [0.25, 0.3) is 0 Å². The maximum Gasteiger partial charge on any atom is 0.342 e. The van der Waals surface area contributed by atoms with Gasteiger partial charge in [0.15, 0.2) is 0 Å². The summed E-state index contributed by atoms with van der Waals surface area (Å²) in [6.45, 7) is 20.7. The van der Waals surface area contributed by atoms with Crippen molar-refractivity contribution in [2.75, 3.05) is 13.2 Å². The molecule has 0 saturated heterocycles. The number of phenolic OH excluding ortho intramolecular Hbond substituents is 2. The zero-order valence-electron chi connectivity index (χ0n) is 20.7. The fourth-order valence-electron chi connectivity index (χ4n) is 1.72. The lowest BCUT2D eigenvalue weighted by molar-refractivity contribution is 0.0262. The van der Waals surface area contributed by atoms with Crippen molar-refractivity contribution in [2.24, 2.45) is 0 Å². The highest BCUT2D eigenvalue weighted by Gasteiger charge is 2.14. The lowest BCUT2D eigenvalue weighted by Gasteiger charge is -2.08. The molecule has 0 aromatic heterocycles. The fraction of sp³-hybridized carbons (Fsp3) is 0.214. The van der Waals surface area contributed by atoms with Gasteiger partial charge in [0.05, 0.1) is 0 Å². The summed E-state index contributed by atoms with van der Waals surface area (Å²) in [4.78, 5) is 23.3. The minimum atomic E-state index is -0.711. The molecule has 2 aromatic carbocycles. The molecule has 2 N–H and O–H groups in total. The first-order valence-corrected chi connectivity index (χ1v) is 10.4. The number of hydrogen-bond donors (Lipinski definition) is 2. The van der Waals surface area contributed by atoms with Crippen LogP contribution in [-0.2, 0) is 9.47 Å². The second kappa shape index (κ2) is 25.2. The molecule has 0 bridgehead atoms. The molecule has 2 rings (SSSR count). The predicted octanol–water partition coefficient (Wildman–Crippen LogP) is 6.88. The SMILES string of the molecule is C=CC.C=CC.C=CC.C=CC.O=C(OCCOC(=O)c1ccccc1O)c1ccccc1O. The molecule has 0 aliphatic carbocycles. The molecule has 186 valence electrons. The number of benzene rings is 2. The first-order chi connectivity index (χ1) is 16.2. The van der Waals surface area contributed by atoms with Crippen molar-refractivity contribution in [3.05, 3.63) is 110 Å². The molecular formula is C28H38O6. The Morgan fingerprint density at radius 1 is 0.647 bits per heavy atom. The topological polar surface area (TPSA) is 93.1 Å². The van der Waals surface area contributed by atoms with E-state index in [0.717, 1.165) is 0 Å². The van der Waals surface area contributed by atoms with E-state index >= 15 is 0 Å². The molecule has 2 aromatic rings. The van der Waals surface area contributed by atoms with Crippen LogP contribution in [0.1, 0.15) is 48.4 Å². The van der Waals surface area contributed by atoms with Gasteiger partial charge in [-0.2, -0.15) is 0 Å². The van der Waals surface area contributed by atoms with Crippen LogP contribution >= 0.6 is 0 Å². The molecule has 0 aliphatic heterocycles. The Labute approximate surface area is 204 Å². The Kier molecular flexibility index (Phi) is 25.6. The van der Waals surface area contributed by atoms with E-state index in [-0.39, 0.29) is 35.8 Å². The second-order valence-electron chi connectivity index (χ2n) is 5.94. The summed E-state index contributed by atoms with van der Waals surface area (Å²) in [5.74, 6) is -1.79. The van der Waals surface area contributed by atoms with Crippen molar-refractivity contribution in [2.45, 2.75) is 27.7 Å². The highest BCUT2D eigenvalue weighted by molar-refractivity contribution is 5.93. The van der Waals surface area contributed by atoms with E-state index < -0.39 is 11.9 Å². The zero-order chi connectivity index (χ0) is 26.8. The van der Waals surface area contributed by atoms with Crippen LogP contribution in [0.25, 0.3) is 0 Å². The minimum Gasteiger partial charge on any atom is -0.507 e. The summed E-state index contributed by atoms with van der Waals surface area (Å²) in [6.07, 6.45) is 7.00. The summed E-state index contributed by atoms with van der Waals surface area (Å²) in [5, 5.41) is 19.0. The van der Waals surface area contributed by atoms with Gasteiger partial charge in [-0.25, -0.2) is 9.59 Å². The van der Waals surface area contributed by atoms with Gasteiger partial charge in [-0.05, 0) is 52.0 Å². The van der Waals surface area contributed by atoms with Crippen LogP contribution in [0.15, 0.2) is 99.2 Å². The summed E-state index contributed by atoms with van der Waals surface area (Å²) in [7, 11) is 0. The molecule has 6 heteroatoms. The predicted molar refractivity (Wildman–Crippen MR) is 140 cm³/mol. The quantitative estimate of drug-likeness (QED) is 0.281. The van der Waals surface area contributed by atoms with E-state index in [9.17, 15) is 19.8 Å². The third kappa shape index (κ3) is 18.7. The van der Waals surface area contributed by atoms with Crippen molar-refractivity contribution in [3.8, 4) is 11.5 Å². The van der Waals surface area contributed by atoms with Crippen LogP contribution < -0.4 is 0 Å². The molecule has 0 heterocycles. The van der Waals surface area contributed by atoms with Crippen LogP contribution in [0, 0.1) is 0 Å². The molecule has 0 aliphatic rings. The van der Waals surface area contributed by atoms with Crippen molar-refractivity contribution in [1.82, 2.24) is 0 Å². The van der Waals surface area contributed by atoms with Crippen LogP contribution in [0.5, 0.6) is 11.5 Å². The summed E-state index contributed by atoms with van der Waals surface area (Å²) in [5.41, 5.74) is 0.0732. The lowest BCUT2D eigenvalue weighted by Crippen LogP contribution is -2.14. The van der Waals surface area contributed by atoms with Gasteiger partial charge in [0.1, 0.15) is 35.8 Å². The van der Waals surface area contributed by atoms with E-state index in [1.807, 2.05) is 27.7 Å². The van der Waals surface area contributed by atoms with Gasteiger partial charge in [-0.3, -0.25) is 0 Å². The van der Waals surface area contributed by atoms with Gasteiger partial charge >= 0.3 is 11.9 Å². The molecule has 0 radical (unpaired) electrons. The average Bonchev–Trinajstić information content (AvgIpc) is 2.79. The number of para-hydroxylation sites is 2. The van der Waals surface area contributed by atoms with Crippen LogP contribution in [0.4, 0.5) is 0 Å². The van der Waals surface area contributed by atoms with Crippen molar-refractivity contribution >= 4 is 11.9 Å². The number of esters is 2. The first-order valence-electron chi connectivity index (χ1n) is 10.4. The van der Waals surface area contributed by atoms with Gasteiger partial charge in [-0.1, -0.05) is 48.6 Å². The van der Waals surface area contributed by atoms with Crippen LogP contribution in [0.3, 0.4) is 0 Å². The highest BCUT2D eigenvalue weighted by Crippen LogP contribution is 2.17. The molecule has 0 amide bonds. The standard InChI is InChI=1S/C16H14O6.4C3H6/c17-13-7-3-1-5-11(13)15(19)21-9-10-22-16(20)12-6-2-4-8-14(12)18;4*1-3-2/h1-8,17-18H,9-10H2;4*3H,1H2,2H3. The Morgan fingerprint density at radius 3 is 1.12 bits per heavy atom. The molecule has 34 heavy (non-hydrogen) atoms. The van der Waals surface area contributed by atoms with Gasteiger partial charge in [-0.15, -0.1) is 26.3 Å². The summed E-state index contributed by atoms with van der Waals surface area (Å²) < 4.78 is 9.77. The first kappa shape index (κ1) is 34.6. The van der Waals surface area contributed by atoms with Crippen molar-refractivity contribution in [3.63, 3.8) is 0 Å². The van der Waals surface area contributed by atoms with Crippen LogP contribution in [-0.4, -0.2) is 35.4 Å². The van der Waals surface area contributed by atoms with Gasteiger partial charge in [0.2, 0.25) is 0 Å². The molecule has 0 fully saturated rings. The zero-order valence-corrected chi connectivity index (χ0v) is 20.7. The molecule has 6 nitrogen and oxygen atoms in total. The van der Waals surface area contributed by atoms with Gasteiger partial charge < -0.3 is 19.7 Å². The number of aromatic hydroxyl groups is 2. The third-order valence-electron chi connectivity index (χ3n) is 2.80. The number of rotatable bonds is 5. The van der Waals surface area contributed by atoms with Crippen molar-refractivity contribution in [1.29, 1.82) is 0 Å². The molecule has 0 unspecified atom stereocenters. The van der Waals surface area contributed by atoms with Crippen LogP contribution in [0.2, 0.25) is 0 Å². The maximum atomic E-state index is 11.7. The van der Waals surface area contributed by atoms with E-state index in [1.165, 1.54) is 24.3 Å². The number of carbonyl (C=O) groups is 2. The third-order valence-corrected chi connectivity index (χ3v) is 2.80. The number of allylic oxidation sites excluding steroid dienone is 4. The molecule has 0 spiro atoms. The summed E-state index contributed by atoms with van der Waals surface area (Å²) in [6, 6.07) is 11.9. The normalized spacial score (nSPS) is 8.00. The van der Waals surface area contributed by atoms with Gasteiger partial charge in [0, 0.05) is 0 Å². The maximum absolute atomic E-state index is 11.7. The Bertz CT molecular complexity index is 772. The number of carbonyl (C=O) groups excluding carboxylic acids is 2. The fourth-order valence-corrected chi connectivity index (χ4v) is 1.72. The Balaban J connectivity index is -0.000000674. The molecule has 0 saturated carbocycles. The smallest absolute Gasteiger partial charge is 0.342 e. The van der Waals surface area contributed by atoms with Crippen molar-refractivity contribution < 1.29 is 29.3 Å². The number of hydrogen-bond acceptors (Lipinski definition) is 6. The summed E-state index contributed by atoms with van der Waals surface area (Å²) >= 11 is 0. The molecule has 0 atom stereocenters. The highest BCUT2D eigenvalue weighted by atomic mass is 16.6. The number of phenols is 2. The average molecular weight is 471 g/mol. The van der Waals surface area contributed by atoms with E-state index in [1.54, 1.807) is 48.6 Å². The van der Waals surface area contributed by atoms with E-state index in [0.29, 0.717) is 0 Å². The lowest BCUT2D eigenvalue weighted by atomic mass is 10.2. The Hall–Kier alpha value is -4.06. The number of ether oxygens (including phenoxy) is 2. The Morgan fingerprint density at radius 2 is 0.882 bits per heavy atom.